The van der Waals surface area contributed by atoms with E-state index in [9.17, 15) is 13.2 Å². The third-order valence-electron chi connectivity index (χ3n) is 5.38. The normalized spacial score (nSPS) is 27.0. The van der Waals surface area contributed by atoms with Gasteiger partial charge in [0.1, 0.15) is 4.90 Å². The number of aromatic nitrogens is 2. The molecule has 2 aliphatic heterocycles. The molecular weight excluding hydrogens is 390 g/mol. The van der Waals surface area contributed by atoms with Gasteiger partial charge in [-0.25, -0.2) is 8.42 Å². The van der Waals surface area contributed by atoms with Crippen molar-refractivity contribution >= 4 is 28.3 Å². The fourth-order valence-electron chi connectivity index (χ4n) is 4.01. The van der Waals surface area contributed by atoms with E-state index in [1.165, 1.54) is 4.31 Å². The molecule has 3 N–H and O–H groups in total. The summed E-state index contributed by atoms with van der Waals surface area (Å²) in [5.41, 5.74) is 1.01. The van der Waals surface area contributed by atoms with Crippen LogP contribution in [0.2, 0.25) is 0 Å². The van der Waals surface area contributed by atoms with Crippen molar-refractivity contribution in [3.63, 3.8) is 0 Å². The molecule has 1 aromatic rings. The van der Waals surface area contributed by atoms with Crippen molar-refractivity contribution < 1.29 is 13.2 Å². The van der Waals surface area contributed by atoms with Crippen LogP contribution in [0.15, 0.2) is 4.90 Å². The minimum atomic E-state index is -3.64. The number of nitrogens with zero attached hydrogens (tertiary/aromatic N) is 2. The molecule has 1 amide bonds. The first-order chi connectivity index (χ1) is 12.3. The summed E-state index contributed by atoms with van der Waals surface area (Å²) in [6, 6.07) is 0.563. The van der Waals surface area contributed by atoms with Crippen LogP contribution in [0.1, 0.15) is 44.0 Å². The molecule has 2 fully saturated rings. The highest BCUT2D eigenvalue weighted by Crippen LogP contribution is 2.27. The number of halogens is 1. The summed E-state index contributed by atoms with van der Waals surface area (Å²) < 4.78 is 27.5. The fourth-order valence-corrected chi connectivity index (χ4v) is 5.86. The lowest BCUT2D eigenvalue weighted by Crippen LogP contribution is -2.51. The molecule has 3 unspecified atom stereocenters. The topological polar surface area (TPSA) is 107 Å². The van der Waals surface area contributed by atoms with Gasteiger partial charge >= 0.3 is 0 Å². The van der Waals surface area contributed by atoms with E-state index in [0.717, 1.165) is 25.8 Å². The molecule has 0 aliphatic carbocycles. The first-order valence-electron chi connectivity index (χ1n) is 9.34. The summed E-state index contributed by atoms with van der Waals surface area (Å²) in [5.74, 6) is -0.319. The van der Waals surface area contributed by atoms with Crippen molar-refractivity contribution in [1.82, 2.24) is 25.1 Å². The second kappa shape index (κ2) is 8.89. The van der Waals surface area contributed by atoms with E-state index in [-0.39, 0.29) is 41.7 Å². The van der Waals surface area contributed by atoms with Gasteiger partial charge in [-0.2, -0.15) is 9.40 Å². The predicted molar refractivity (Wildman–Crippen MR) is 105 cm³/mol. The number of carbonyl (C=O) groups excluding carboxylic acids is 1. The Kier molecular flexibility index (Phi) is 7.29. The molecular formula is C17H30ClN5O3S. The summed E-state index contributed by atoms with van der Waals surface area (Å²) in [4.78, 5) is 12.9. The number of sulfonamides is 1. The number of amides is 1. The Bertz CT molecular complexity index is 747. The van der Waals surface area contributed by atoms with Crippen molar-refractivity contribution in [3.8, 4) is 0 Å². The van der Waals surface area contributed by atoms with Crippen LogP contribution >= 0.6 is 12.4 Å². The largest absolute Gasteiger partial charge is 0.353 e. The molecule has 3 heterocycles. The van der Waals surface area contributed by atoms with E-state index in [1.54, 1.807) is 13.8 Å². The van der Waals surface area contributed by atoms with E-state index in [1.807, 2.05) is 0 Å². The molecule has 3 atom stereocenters. The minimum Gasteiger partial charge on any atom is -0.353 e. The SMILES string of the molecule is Cc1n[nH]c(C)c1S(=O)(=O)N1CCCC(C(=O)NC2CCNC(C)C2)C1.Cl. The van der Waals surface area contributed by atoms with Crippen LogP contribution < -0.4 is 10.6 Å². The molecule has 2 aliphatic rings. The van der Waals surface area contributed by atoms with Crippen LogP contribution in [-0.2, 0) is 14.8 Å². The lowest BCUT2D eigenvalue weighted by atomic mass is 9.96. The molecule has 0 bridgehead atoms. The standard InChI is InChI=1S/C17H29N5O3S.ClH/c1-11-9-15(6-7-18-11)19-17(23)14-5-4-8-22(10-14)26(24,25)16-12(2)20-21-13(16)3;/h11,14-15,18H,4-10H2,1-3H3,(H,19,23)(H,20,21);1H. The number of nitrogens with one attached hydrogen (secondary N) is 3. The maximum absolute atomic E-state index is 13.0. The van der Waals surface area contributed by atoms with Crippen LogP contribution in [-0.4, -0.2) is 60.5 Å². The maximum atomic E-state index is 13.0. The van der Waals surface area contributed by atoms with Gasteiger partial charge in [0.05, 0.1) is 17.3 Å². The number of aryl methyl sites for hydroxylation is 2. The van der Waals surface area contributed by atoms with Crippen LogP contribution in [0.4, 0.5) is 0 Å². The van der Waals surface area contributed by atoms with Crippen LogP contribution in [0.5, 0.6) is 0 Å². The zero-order chi connectivity index (χ0) is 18.9. The molecule has 0 aromatic carbocycles. The monoisotopic (exact) mass is 419 g/mol. The Hall–Kier alpha value is -1.16. The van der Waals surface area contributed by atoms with Crippen molar-refractivity contribution in [2.75, 3.05) is 19.6 Å². The molecule has 0 saturated carbocycles. The molecule has 10 heteroatoms. The third kappa shape index (κ3) is 4.82. The van der Waals surface area contributed by atoms with Crippen molar-refractivity contribution in [2.45, 2.75) is 63.4 Å². The highest BCUT2D eigenvalue weighted by Gasteiger charge is 2.36. The van der Waals surface area contributed by atoms with Crippen molar-refractivity contribution in [2.24, 2.45) is 5.92 Å². The highest BCUT2D eigenvalue weighted by molar-refractivity contribution is 7.89. The minimum absolute atomic E-state index is 0. The Balaban J connectivity index is 0.00000261. The quantitative estimate of drug-likeness (QED) is 0.677. The van der Waals surface area contributed by atoms with Gasteiger partial charge in [0.2, 0.25) is 15.9 Å². The molecule has 1 aromatic heterocycles. The zero-order valence-corrected chi connectivity index (χ0v) is 17.8. The van der Waals surface area contributed by atoms with E-state index in [4.69, 9.17) is 0 Å². The Morgan fingerprint density at radius 2 is 2.04 bits per heavy atom. The lowest BCUT2D eigenvalue weighted by Gasteiger charge is -2.34. The van der Waals surface area contributed by atoms with Crippen LogP contribution in [0, 0.1) is 19.8 Å². The van der Waals surface area contributed by atoms with Gasteiger partial charge in [0, 0.05) is 25.2 Å². The number of H-pyrrole nitrogens is 1. The van der Waals surface area contributed by atoms with Crippen LogP contribution in [0.3, 0.4) is 0 Å². The Morgan fingerprint density at radius 3 is 2.67 bits per heavy atom. The van der Waals surface area contributed by atoms with Gasteiger partial charge in [0.25, 0.3) is 0 Å². The van der Waals surface area contributed by atoms with Gasteiger partial charge in [0.15, 0.2) is 0 Å². The first-order valence-corrected chi connectivity index (χ1v) is 10.8. The van der Waals surface area contributed by atoms with Gasteiger partial charge in [-0.1, -0.05) is 0 Å². The number of piperidine rings is 2. The summed E-state index contributed by atoms with van der Waals surface area (Å²) >= 11 is 0. The smallest absolute Gasteiger partial charge is 0.246 e. The van der Waals surface area contributed by atoms with E-state index in [0.29, 0.717) is 30.4 Å². The number of aromatic amines is 1. The number of rotatable bonds is 4. The fraction of sp³-hybridized carbons (Fsp3) is 0.765. The van der Waals surface area contributed by atoms with E-state index in [2.05, 4.69) is 27.8 Å². The predicted octanol–water partition coefficient (Wildman–Crippen LogP) is 1.11. The third-order valence-corrected chi connectivity index (χ3v) is 7.51. The first kappa shape index (κ1) is 22.1. The summed E-state index contributed by atoms with van der Waals surface area (Å²) in [6.07, 6.45) is 3.24. The summed E-state index contributed by atoms with van der Waals surface area (Å²) in [7, 11) is -3.64. The Labute approximate surface area is 167 Å². The molecule has 0 spiro atoms. The number of carbonyl (C=O) groups is 1. The summed E-state index contributed by atoms with van der Waals surface area (Å²) in [6.45, 7) is 7.08. The average molecular weight is 420 g/mol. The second-order valence-corrected chi connectivity index (χ2v) is 9.43. The van der Waals surface area contributed by atoms with Crippen molar-refractivity contribution in [1.29, 1.82) is 0 Å². The van der Waals surface area contributed by atoms with Crippen molar-refractivity contribution in [3.05, 3.63) is 11.4 Å². The highest BCUT2D eigenvalue weighted by atomic mass is 35.5. The molecule has 2 saturated heterocycles. The van der Waals surface area contributed by atoms with Gasteiger partial charge in [-0.05, 0) is 53.0 Å². The van der Waals surface area contributed by atoms with Gasteiger partial charge in [-0.15, -0.1) is 12.4 Å². The number of hydrogen-bond donors (Lipinski definition) is 3. The zero-order valence-electron chi connectivity index (χ0n) is 16.1. The molecule has 8 nitrogen and oxygen atoms in total. The summed E-state index contributed by atoms with van der Waals surface area (Å²) in [5, 5.41) is 13.2. The molecule has 3 rings (SSSR count). The lowest BCUT2D eigenvalue weighted by molar-refractivity contribution is -0.127. The van der Waals surface area contributed by atoms with E-state index >= 15 is 0 Å². The molecule has 27 heavy (non-hydrogen) atoms. The second-order valence-electron chi connectivity index (χ2n) is 7.55. The average Bonchev–Trinajstić information content (AvgIpc) is 2.94. The molecule has 154 valence electrons. The van der Waals surface area contributed by atoms with Gasteiger partial charge in [-0.3, -0.25) is 9.89 Å². The molecule has 0 radical (unpaired) electrons. The van der Waals surface area contributed by atoms with E-state index < -0.39 is 10.0 Å². The Morgan fingerprint density at radius 1 is 1.30 bits per heavy atom. The van der Waals surface area contributed by atoms with Gasteiger partial charge < -0.3 is 10.6 Å². The maximum Gasteiger partial charge on any atom is 0.246 e. The van der Waals surface area contributed by atoms with Crippen LogP contribution in [0.25, 0.3) is 0 Å². The number of hydrogen-bond acceptors (Lipinski definition) is 5.